The van der Waals surface area contributed by atoms with Gasteiger partial charge in [-0.1, -0.05) is 48.7 Å². The molecule has 29 heavy (non-hydrogen) atoms. The van der Waals surface area contributed by atoms with E-state index in [1.165, 1.54) is 29.2 Å². The topological polar surface area (TPSA) is 49.4 Å². The zero-order valence-electron chi connectivity index (χ0n) is 15.9. The van der Waals surface area contributed by atoms with Crippen LogP contribution in [-0.4, -0.2) is 28.6 Å². The summed E-state index contributed by atoms with van der Waals surface area (Å²) in [6, 6.07) is 11.9. The van der Waals surface area contributed by atoms with E-state index < -0.39 is 11.9 Å². The van der Waals surface area contributed by atoms with Crippen LogP contribution in [0.4, 0.5) is 4.39 Å². The van der Waals surface area contributed by atoms with Crippen LogP contribution in [0.25, 0.3) is 0 Å². The number of halogens is 3. The van der Waals surface area contributed by atoms with Gasteiger partial charge in [0.15, 0.2) is 0 Å². The van der Waals surface area contributed by atoms with Crippen LogP contribution < -0.4 is 5.32 Å². The van der Waals surface area contributed by atoms with E-state index in [4.69, 9.17) is 23.2 Å². The fraction of sp³-hybridized carbons (Fsp3) is 0.364. The van der Waals surface area contributed by atoms with E-state index in [1.54, 1.807) is 24.3 Å². The third-order valence-corrected chi connectivity index (χ3v) is 5.63. The number of hydrogen-bond donors (Lipinski definition) is 1. The molecule has 1 aliphatic carbocycles. The molecule has 4 nitrogen and oxygen atoms in total. The number of nitrogens with one attached hydrogen (secondary N) is 1. The number of benzene rings is 2. The second-order valence-corrected chi connectivity index (χ2v) is 7.93. The monoisotopic (exact) mass is 436 g/mol. The molecule has 2 aromatic carbocycles. The normalized spacial score (nSPS) is 15.1. The summed E-state index contributed by atoms with van der Waals surface area (Å²) in [6.07, 6.45) is 3.98. The molecule has 1 N–H and O–H groups in total. The van der Waals surface area contributed by atoms with Gasteiger partial charge in [0.2, 0.25) is 11.8 Å². The van der Waals surface area contributed by atoms with Crippen molar-refractivity contribution in [2.24, 2.45) is 0 Å². The lowest BCUT2D eigenvalue weighted by Gasteiger charge is -2.32. The second kappa shape index (κ2) is 10.1. The van der Waals surface area contributed by atoms with Crippen LogP contribution in [0.3, 0.4) is 0 Å². The molecule has 0 aromatic heterocycles. The Bertz CT molecular complexity index is 837. The van der Waals surface area contributed by atoms with Gasteiger partial charge in [-0.3, -0.25) is 9.59 Å². The van der Waals surface area contributed by atoms with Gasteiger partial charge in [-0.15, -0.1) is 11.6 Å². The van der Waals surface area contributed by atoms with Crippen LogP contribution >= 0.6 is 23.2 Å². The number of hydrogen-bond acceptors (Lipinski definition) is 2. The fourth-order valence-corrected chi connectivity index (χ4v) is 3.93. The van der Waals surface area contributed by atoms with Crippen LogP contribution in [0.2, 0.25) is 5.02 Å². The molecule has 3 rings (SSSR count). The van der Waals surface area contributed by atoms with E-state index in [0.717, 1.165) is 31.2 Å². The second-order valence-electron chi connectivity index (χ2n) is 7.23. The summed E-state index contributed by atoms with van der Waals surface area (Å²) in [5.41, 5.74) is 1.35. The molecule has 1 saturated carbocycles. The Kier molecular flexibility index (Phi) is 7.51. The largest absolute Gasteiger partial charge is 0.351 e. The van der Waals surface area contributed by atoms with Crippen molar-refractivity contribution in [2.75, 3.05) is 5.88 Å². The lowest BCUT2D eigenvalue weighted by Crippen LogP contribution is -2.46. The molecule has 7 heteroatoms. The van der Waals surface area contributed by atoms with E-state index >= 15 is 0 Å². The first-order chi connectivity index (χ1) is 14.0. The number of alkyl halides is 1. The van der Waals surface area contributed by atoms with Crippen molar-refractivity contribution in [3.8, 4) is 0 Å². The first-order valence-electron chi connectivity index (χ1n) is 9.63. The van der Waals surface area contributed by atoms with Crippen molar-refractivity contribution in [1.82, 2.24) is 10.2 Å². The quantitative estimate of drug-likeness (QED) is 0.630. The zero-order valence-corrected chi connectivity index (χ0v) is 17.4. The molecular formula is C22H23Cl2FN2O2. The number of amides is 2. The molecule has 2 amide bonds. The summed E-state index contributed by atoms with van der Waals surface area (Å²) in [6.45, 7) is 0.183. The Morgan fingerprint density at radius 1 is 1.07 bits per heavy atom. The lowest BCUT2D eigenvalue weighted by atomic mass is 10.0. The van der Waals surface area contributed by atoms with Crippen molar-refractivity contribution in [3.05, 3.63) is 70.5 Å². The number of rotatable bonds is 7. The number of carbonyl (C=O) groups excluding carboxylic acids is 2. The number of carbonyl (C=O) groups is 2. The van der Waals surface area contributed by atoms with Crippen molar-refractivity contribution in [2.45, 2.75) is 44.3 Å². The smallest absolute Gasteiger partial charge is 0.247 e. The number of nitrogens with zero attached hydrogens (tertiary/aromatic N) is 1. The Hall–Kier alpha value is -2.11. The van der Waals surface area contributed by atoms with Gasteiger partial charge in [-0.05, 0) is 48.2 Å². The van der Waals surface area contributed by atoms with E-state index in [-0.39, 0.29) is 30.3 Å². The summed E-state index contributed by atoms with van der Waals surface area (Å²) in [5, 5.41) is 3.64. The maximum absolute atomic E-state index is 13.5. The molecule has 1 atom stereocenters. The molecule has 0 spiro atoms. The first-order valence-corrected chi connectivity index (χ1v) is 10.5. The highest BCUT2D eigenvalue weighted by atomic mass is 35.5. The Morgan fingerprint density at radius 2 is 1.69 bits per heavy atom. The van der Waals surface area contributed by atoms with E-state index in [1.807, 2.05) is 0 Å². The van der Waals surface area contributed by atoms with E-state index in [2.05, 4.69) is 5.32 Å². The molecule has 1 fully saturated rings. The Labute approximate surface area is 180 Å². The molecule has 0 aliphatic heterocycles. The molecule has 154 valence electrons. The van der Waals surface area contributed by atoms with Gasteiger partial charge < -0.3 is 10.2 Å². The predicted octanol–water partition coefficient (Wildman–Crippen LogP) is 4.85. The van der Waals surface area contributed by atoms with Gasteiger partial charge in [0.25, 0.3) is 0 Å². The Balaban J connectivity index is 1.94. The maximum atomic E-state index is 13.5. The molecule has 0 bridgehead atoms. The summed E-state index contributed by atoms with van der Waals surface area (Å²) in [4.78, 5) is 27.4. The average molecular weight is 437 g/mol. The lowest BCUT2D eigenvalue weighted by molar-refractivity contribution is -0.140. The van der Waals surface area contributed by atoms with Gasteiger partial charge in [-0.25, -0.2) is 4.39 Å². The van der Waals surface area contributed by atoms with Crippen molar-refractivity contribution in [3.63, 3.8) is 0 Å². The third kappa shape index (κ3) is 5.71. The minimum absolute atomic E-state index is 0.0916. The van der Waals surface area contributed by atoms with Crippen LogP contribution in [-0.2, 0) is 16.1 Å². The summed E-state index contributed by atoms with van der Waals surface area (Å²) >= 11 is 11.8. The third-order valence-electron chi connectivity index (χ3n) is 5.15. The highest BCUT2D eigenvalue weighted by Gasteiger charge is 2.32. The predicted molar refractivity (Wildman–Crippen MR) is 112 cm³/mol. The highest BCUT2D eigenvalue weighted by molar-refractivity contribution is 6.30. The minimum Gasteiger partial charge on any atom is -0.351 e. The summed E-state index contributed by atoms with van der Waals surface area (Å²) < 4.78 is 13.5. The summed E-state index contributed by atoms with van der Waals surface area (Å²) in [7, 11) is 0. The van der Waals surface area contributed by atoms with Crippen LogP contribution in [0.1, 0.15) is 42.9 Å². The van der Waals surface area contributed by atoms with E-state index in [0.29, 0.717) is 10.6 Å². The fourth-order valence-electron chi connectivity index (χ4n) is 3.65. The molecule has 1 aliphatic rings. The van der Waals surface area contributed by atoms with Crippen LogP contribution in [0, 0.1) is 5.82 Å². The van der Waals surface area contributed by atoms with Crippen LogP contribution in [0.15, 0.2) is 48.5 Å². The van der Waals surface area contributed by atoms with Crippen molar-refractivity contribution in [1.29, 1.82) is 0 Å². The first kappa shape index (κ1) is 21.6. The standard InChI is InChI=1S/C22H23Cl2FN2O2/c23-13-20(28)27(14-15-5-9-17(24)10-6-15)21(16-7-11-18(25)12-8-16)22(29)26-19-3-1-2-4-19/h5-12,19,21H,1-4,13-14H2,(H,26,29)/t21-/m0/s1. The van der Waals surface area contributed by atoms with Crippen LogP contribution in [0.5, 0.6) is 0 Å². The summed E-state index contributed by atoms with van der Waals surface area (Å²) in [5.74, 6) is -1.33. The van der Waals surface area contributed by atoms with Crippen molar-refractivity contribution < 1.29 is 14.0 Å². The SMILES string of the molecule is O=C(NC1CCCC1)[C@H](c1ccc(F)cc1)N(Cc1ccc(Cl)cc1)C(=O)CCl. The van der Waals surface area contributed by atoms with E-state index in [9.17, 15) is 14.0 Å². The molecule has 2 aromatic rings. The molecule has 0 saturated heterocycles. The molecule has 0 radical (unpaired) electrons. The van der Waals surface area contributed by atoms with Gasteiger partial charge in [0.05, 0.1) is 0 Å². The zero-order chi connectivity index (χ0) is 20.8. The van der Waals surface area contributed by atoms with Gasteiger partial charge in [0, 0.05) is 17.6 Å². The molecule has 0 heterocycles. The minimum atomic E-state index is -0.905. The van der Waals surface area contributed by atoms with Crippen molar-refractivity contribution >= 4 is 35.0 Å². The Morgan fingerprint density at radius 3 is 2.28 bits per heavy atom. The maximum Gasteiger partial charge on any atom is 0.247 e. The molecular weight excluding hydrogens is 414 g/mol. The highest BCUT2D eigenvalue weighted by Crippen LogP contribution is 2.27. The molecule has 0 unspecified atom stereocenters. The average Bonchev–Trinajstić information content (AvgIpc) is 3.22. The van der Waals surface area contributed by atoms with Gasteiger partial charge >= 0.3 is 0 Å². The van der Waals surface area contributed by atoms with Gasteiger partial charge in [-0.2, -0.15) is 0 Å². The van der Waals surface area contributed by atoms with Gasteiger partial charge in [0.1, 0.15) is 17.7 Å².